The predicted octanol–water partition coefficient (Wildman–Crippen LogP) is 4.49. The van der Waals surface area contributed by atoms with Gasteiger partial charge in [0.2, 0.25) is 0 Å². The minimum atomic E-state index is -4.52. The Morgan fingerprint density at radius 1 is 1.06 bits per heavy atom. The summed E-state index contributed by atoms with van der Waals surface area (Å²) in [7, 11) is 0. The lowest BCUT2D eigenvalue weighted by Gasteiger charge is -2.28. The molecule has 31 heavy (non-hydrogen) atoms. The summed E-state index contributed by atoms with van der Waals surface area (Å²) in [5.41, 5.74) is 0.942. The number of carbonyl (C=O) groups excluding carboxylic acids is 1. The second-order valence-electron chi connectivity index (χ2n) is 6.77. The maximum atomic E-state index is 13.2. The highest BCUT2D eigenvalue weighted by molar-refractivity contribution is 5.99. The number of halogens is 3. The van der Waals surface area contributed by atoms with Gasteiger partial charge in [0.25, 0.3) is 5.91 Å². The first-order valence-corrected chi connectivity index (χ1v) is 9.64. The highest BCUT2D eigenvalue weighted by Gasteiger charge is 2.31. The lowest BCUT2D eigenvalue weighted by atomic mass is 10.0. The molecule has 0 spiro atoms. The number of hydrogen-bond donors (Lipinski definition) is 0. The average Bonchev–Trinajstić information content (AvgIpc) is 2.78. The number of hydrogen-bond acceptors (Lipinski definition) is 5. The van der Waals surface area contributed by atoms with Crippen molar-refractivity contribution < 1.29 is 22.7 Å². The standard InChI is InChI=1S/C22H21F3N4O2/c1-3-29(15(2)14-31-21-27-12-17(13-28-21)22(23,24)25)20(30)19-18(10-7-11-26-19)16-8-5-4-6-9-16/h4-13,15H,3,14H2,1-2H3. The molecule has 0 radical (unpaired) electrons. The molecule has 0 saturated heterocycles. The van der Waals surface area contributed by atoms with Crippen LogP contribution in [0.15, 0.2) is 61.1 Å². The molecule has 0 saturated carbocycles. The van der Waals surface area contributed by atoms with E-state index in [4.69, 9.17) is 4.74 Å². The van der Waals surface area contributed by atoms with E-state index in [9.17, 15) is 18.0 Å². The van der Waals surface area contributed by atoms with Crippen LogP contribution >= 0.6 is 0 Å². The van der Waals surface area contributed by atoms with Crippen LogP contribution in [0.2, 0.25) is 0 Å². The van der Waals surface area contributed by atoms with E-state index in [0.29, 0.717) is 30.2 Å². The Morgan fingerprint density at radius 3 is 2.35 bits per heavy atom. The fourth-order valence-electron chi connectivity index (χ4n) is 3.04. The molecule has 1 aromatic carbocycles. The van der Waals surface area contributed by atoms with Gasteiger partial charge in [-0.05, 0) is 25.5 Å². The Hall–Kier alpha value is -3.49. The molecule has 3 rings (SSSR count). The van der Waals surface area contributed by atoms with Gasteiger partial charge in [-0.3, -0.25) is 9.78 Å². The van der Waals surface area contributed by atoms with E-state index in [1.165, 1.54) is 0 Å². The van der Waals surface area contributed by atoms with Gasteiger partial charge in [-0.15, -0.1) is 0 Å². The van der Waals surface area contributed by atoms with Gasteiger partial charge in [-0.1, -0.05) is 36.4 Å². The molecule has 9 heteroatoms. The normalized spacial score (nSPS) is 12.3. The number of alkyl halides is 3. The fraction of sp³-hybridized carbons (Fsp3) is 0.273. The van der Waals surface area contributed by atoms with Crippen molar-refractivity contribution in [3.8, 4) is 17.1 Å². The minimum Gasteiger partial charge on any atom is -0.461 e. The highest BCUT2D eigenvalue weighted by Crippen LogP contribution is 2.28. The van der Waals surface area contributed by atoms with E-state index < -0.39 is 17.8 Å². The van der Waals surface area contributed by atoms with Crippen LogP contribution in [0.5, 0.6) is 6.01 Å². The highest BCUT2D eigenvalue weighted by atomic mass is 19.4. The van der Waals surface area contributed by atoms with Crippen LogP contribution in [0.25, 0.3) is 11.1 Å². The fourth-order valence-corrected chi connectivity index (χ4v) is 3.04. The SMILES string of the molecule is CCN(C(=O)c1ncccc1-c1ccccc1)C(C)COc1ncc(C(F)(F)F)cn1. The van der Waals surface area contributed by atoms with Crippen molar-refractivity contribution in [3.63, 3.8) is 0 Å². The summed E-state index contributed by atoms with van der Waals surface area (Å²) in [5, 5.41) is 0. The van der Waals surface area contributed by atoms with Crippen LogP contribution < -0.4 is 4.74 Å². The van der Waals surface area contributed by atoms with Crippen LogP contribution in [0, 0.1) is 0 Å². The van der Waals surface area contributed by atoms with Crippen LogP contribution in [0.3, 0.4) is 0 Å². The maximum Gasteiger partial charge on any atom is 0.419 e. The Balaban J connectivity index is 1.73. The zero-order valence-corrected chi connectivity index (χ0v) is 17.0. The number of amides is 1. The molecule has 1 amide bonds. The van der Waals surface area contributed by atoms with Crippen LogP contribution in [-0.4, -0.2) is 45.0 Å². The van der Waals surface area contributed by atoms with Gasteiger partial charge in [0.15, 0.2) is 0 Å². The maximum absolute atomic E-state index is 13.2. The van der Waals surface area contributed by atoms with E-state index in [0.717, 1.165) is 5.56 Å². The summed E-state index contributed by atoms with van der Waals surface area (Å²) in [5.74, 6) is -0.272. The lowest BCUT2D eigenvalue weighted by molar-refractivity contribution is -0.138. The van der Waals surface area contributed by atoms with Gasteiger partial charge in [0.1, 0.15) is 12.3 Å². The molecule has 2 heterocycles. The van der Waals surface area contributed by atoms with E-state index in [1.54, 1.807) is 24.1 Å². The number of benzene rings is 1. The van der Waals surface area contributed by atoms with E-state index in [2.05, 4.69) is 15.0 Å². The molecule has 0 bridgehead atoms. The number of pyridine rings is 1. The summed E-state index contributed by atoms with van der Waals surface area (Å²) in [6.45, 7) is 4.01. The monoisotopic (exact) mass is 430 g/mol. The second kappa shape index (κ2) is 9.55. The summed E-state index contributed by atoms with van der Waals surface area (Å²) in [4.78, 5) is 26.3. The van der Waals surface area contributed by atoms with Gasteiger partial charge < -0.3 is 9.64 Å². The molecule has 162 valence electrons. The summed E-state index contributed by atoms with van der Waals surface area (Å²) in [6, 6.07) is 12.5. The Bertz CT molecular complexity index is 1010. The predicted molar refractivity (Wildman–Crippen MR) is 108 cm³/mol. The largest absolute Gasteiger partial charge is 0.461 e. The smallest absolute Gasteiger partial charge is 0.419 e. The van der Waals surface area contributed by atoms with Gasteiger partial charge in [-0.2, -0.15) is 13.2 Å². The van der Waals surface area contributed by atoms with E-state index in [-0.39, 0.29) is 18.5 Å². The minimum absolute atomic E-state index is 0.0123. The number of ether oxygens (including phenoxy) is 1. The van der Waals surface area contributed by atoms with Crippen molar-refractivity contribution in [2.45, 2.75) is 26.1 Å². The second-order valence-corrected chi connectivity index (χ2v) is 6.77. The van der Waals surface area contributed by atoms with Gasteiger partial charge in [0.05, 0.1) is 11.6 Å². The van der Waals surface area contributed by atoms with Crippen molar-refractivity contribution in [2.75, 3.05) is 13.2 Å². The molecule has 6 nitrogen and oxygen atoms in total. The number of carbonyl (C=O) groups is 1. The topological polar surface area (TPSA) is 68.2 Å². The summed E-state index contributed by atoms with van der Waals surface area (Å²) in [6.07, 6.45) is -1.63. The molecule has 0 aliphatic carbocycles. The molecular weight excluding hydrogens is 409 g/mol. The summed E-state index contributed by atoms with van der Waals surface area (Å²) >= 11 is 0. The number of likely N-dealkylation sites (N-methyl/N-ethyl adjacent to an activating group) is 1. The van der Waals surface area contributed by atoms with Gasteiger partial charge >= 0.3 is 12.2 Å². The first-order chi connectivity index (χ1) is 14.8. The van der Waals surface area contributed by atoms with Gasteiger partial charge in [-0.25, -0.2) is 9.97 Å². The molecule has 1 unspecified atom stereocenters. The zero-order chi connectivity index (χ0) is 22.4. The molecular formula is C22H21F3N4O2. The average molecular weight is 430 g/mol. The van der Waals surface area contributed by atoms with Crippen molar-refractivity contribution in [2.24, 2.45) is 0 Å². The Kier molecular flexibility index (Phi) is 6.84. The Morgan fingerprint density at radius 2 is 1.74 bits per heavy atom. The van der Waals surface area contributed by atoms with Crippen molar-refractivity contribution in [3.05, 3.63) is 72.3 Å². The van der Waals surface area contributed by atoms with E-state index in [1.807, 2.05) is 43.3 Å². The molecule has 0 fully saturated rings. The van der Waals surface area contributed by atoms with Crippen LogP contribution in [-0.2, 0) is 6.18 Å². The Labute approximate surface area is 177 Å². The molecule has 2 aromatic heterocycles. The van der Waals surface area contributed by atoms with E-state index >= 15 is 0 Å². The quantitative estimate of drug-likeness (QED) is 0.553. The van der Waals surface area contributed by atoms with Crippen molar-refractivity contribution in [1.82, 2.24) is 19.9 Å². The van der Waals surface area contributed by atoms with Crippen molar-refractivity contribution >= 4 is 5.91 Å². The lowest BCUT2D eigenvalue weighted by Crippen LogP contribution is -2.42. The molecule has 1 atom stereocenters. The summed E-state index contributed by atoms with van der Waals surface area (Å²) < 4.78 is 43.3. The molecule has 0 aliphatic rings. The third-order valence-electron chi connectivity index (χ3n) is 4.64. The number of aromatic nitrogens is 3. The number of rotatable bonds is 7. The van der Waals surface area contributed by atoms with Crippen molar-refractivity contribution in [1.29, 1.82) is 0 Å². The molecule has 0 N–H and O–H groups in total. The van der Waals surface area contributed by atoms with Crippen LogP contribution in [0.4, 0.5) is 13.2 Å². The third kappa shape index (κ3) is 5.36. The molecule has 3 aromatic rings. The first kappa shape index (κ1) is 22.2. The van der Waals surface area contributed by atoms with Gasteiger partial charge in [0, 0.05) is 30.7 Å². The molecule has 0 aliphatic heterocycles. The number of nitrogens with zero attached hydrogens (tertiary/aromatic N) is 4. The van der Waals surface area contributed by atoms with Crippen LogP contribution in [0.1, 0.15) is 29.9 Å². The zero-order valence-electron chi connectivity index (χ0n) is 17.0. The third-order valence-corrected chi connectivity index (χ3v) is 4.64. The first-order valence-electron chi connectivity index (χ1n) is 9.64.